The van der Waals surface area contributed by atoms with E-state index < -0.39 is 0 Å². The Morgan fingerprint density at radius 2 is 2.08 bits per heavy atom. The van der Waals surface area contributed by atoms with Gasteiger partial charge in [0.05, 0.1) is 7.11 Å². The summed E-state index contributed by atoms with van der Waals surface area (Å²) in [4.78, 5) is 13.8. The second kappa shape index (κ2) is 8.31. The first-order chi connectivity index (χ1) is 12.5. The van der Waals surface area contributed by atoms with Crippen molar-refractivity contribution in [2.45, 2.75) is 32.2 Å². The van der Waals surface area contributed by atoms with Crippen LogP contribution >= 0.6 is 11.6 Å². The molecule has 2 aliphatic heterocycles. The Morgan fingerprint density at radius 3 is 2.69 bits per heavy atom. The fourth-order valence-corrected chi connectivity index (χ4v) is 4.03. The van der Waals surface area contributed by atoms with E-state index in [-0.39, 0.29) is 11.3 Å². The van der Waals surface area contributed by atoms with E-state index in [9.17, 15) is 4.79 Å². The van der Waals surface area contributed by atoms with Crippen LogP contribution in [0.1, 0.15) is 31.2 Å². The number of ether oxygens (including phenoxy) is 2. The third kappa shape index (κ3) is 4.33. The van der Waals surface area contributed by atoms with Crippen LogP contribution in [0.2, 0.25) is 5.02 Å². The van der Waals surface area contributed by atoms with E-state index in [4.69, 9.17) is 21.1 Å². The summed E-state index contributed by atoms with van der Waals surface area (Å²) in [5.74, 6) is 1.52. The van der Waals surface area contributed by atoms with Crippen molar-refractivity contribution >= 4 is 17.5 Å². The zero-order valence-electron chi connectivity index (χ0n) is 15.4. The highest BCUT2D eigenvalue weighted by Gasteiger charge is 2.37. The average Bonchev–Trinajstić information content (AvgIpc) is 2.66. The Hall–Kier alpha value is -1.72. The van der Waals surface area contributed by atoms with Crippen molar-refractivity contribution in [3.63, 3.8) is 0 Å². The van der Waals surface area contributed by atoms with Gasteiger partial charge in [-0.15, -0.1) is 0 Å². The molecule has 2 aliphatic rings. The number of rotatable bonds is 6. The van der Waals surface area contributed by atoms with Crippen LogP contribution in [0.3, 0.4) is 0 Å². The summed E-state index contributed by atoms with van der Waals surface area (Å²) in [6, 6.07) is 3.79. The first-order valence-corrected chi connectivity index (χ1v) is 9.52. The lowest BCUT2D eigenvalue weighted by Gasteiger charge is -2.44. The van der Waals surface area contributed by atoms with Crippen LogP contribution in [0.4, 0.5) is 0 Å². The summed E-state index contributed by atoms with van der Waals surface area (Å²) >= 11 is 6.48. The Labute approximate surface area is 160 Å². The number of halogens is 1. The molecule has 5 nitrogen and oxygen atoms in total. The SMILES string of the molecule is C=CCOc1cc(Cl)c(CN2CCC3(CCC(=O)NC3)CC2)cc1OC. The molecule has 2 fully saturated rings. The fourth-order valence-electron chi connectivity index (χ4n) is 3.81. The number of nitrogens with one attached hydrogen (secondary N) is 1. The highest BCUT2D eigenvalue weighted by atomic mass is 35.5. The minimum absolute atomic E-state index is 0.190. The number of benzene rings is 1. The third-order valence-electron chi connectivity index (χ3n) is 5.54. The molecule has 3 rings (SSSR count). The molecule has 0 atom stereocenters. The highest BCUT2D eigenvalue weighted by molar-refractivity contribution is 6.31. The number of piperidine rings is 2. The van der Waals surface area contributed by atoms with Crippen molar-refractivity contribution in [1.82, 2.24) is 10.2 Å². The van der Waals surface area contributed by atoms with Gasteiger partial charge in [0.2, 0.25) is 5.91 Å². The van der Waals surface area contributed by atoms with Crippen LogP contribution in [0.25, 0.3) is 0 Å². The Bertz CT molecular complexity index is 657. The molecule has 1 N–H and O–H groups in total. The fraction of sp³-hybridized carbons (Fsp3) is 0.550. The second-order valence-electron chi connectivity index (χ2n) is 7.25. The topological polar surface area (TPSA) is 50.8 Å². The first kappa shape index (κ1) is 19.1. The van der Waals surface area contributed by atoms with Crippen LogP contribution in [-0.2, 0) is 11.3 Å². The van der Waals surface area contributed by atoms with Crippen molar-refractivity contribution in [3.05, 3.63) is 35.4 Å². The van der Waals surface area contributed by atoms with Gasteiger partial charge < -0.3 is 14.8 Å². The maximum absolute atomic E-state index is 11.4. The molecule has 142 valence electrons. The molecule has 0 aliphatic carbocycles. The van der Waals surface area contributed by atoms with Gasteiger partial charge in [-0.25, -0.2) is 0 Å². The molecule has 0 saturated carbocycles. The Balaban J connectivity index is 1.62. The summed E-state index contributed by atoms with van der Waals surface area (Å²) in [5, 5.41) is 3.73. The van der Waals surface area contributed by atoms with Crippen LogP contribution < -0.4 is 14.8 Å². The standard InChI is InChI=1S/C20H27ClN2O3/c1-3-10-26-18-12-16(21)15(11-17(18)25-2)13-23-8-6-20(7-9-23)5-4-19(24)22-14-20/h3,11-12H,1,4-10,13-14H2,2H3,(H,22,24). The molecule has 6 heteroatoms. The molecular weight excluding hydrogens is 352 g/mol. The minimum Gasteiger partial charge on any atom is -0.493 e. The molecule has 2 heterocycles. The van der Waals surface area contributed by atoms with Crippen LogP contribution in [-0.4, -0.2) is 44.2 Å². The number of methoxy groups -OCH3 is 1. The van der Waals surface area contributed by atoms with Gasteiger partial charge in [0.15, 0.2) is 11.5 Å². The normalized spacial score (nSPS) is 19.8. The molecule has 1 amide bonds. The molecule has 1 aromatic carbocycles. The number of hydrogen-bond donors (Lipinski definition) is 1. The number of nitrogens with zero attached hydrogens (tertiary/aromatic N) is 1. The van der Waals surface area contributed by atoms with Gasteiger partial charge in [-0.1, -0.05) is 24.3 Å². The number of hydrogen-bond acceptors (Lipinski definition) is 4. The van der Waals surface area contributed by atoms with Gasteiger partial charge in [0.1, 0.15) is 6.61 Å². The van der Waals surface area contributed by atoms with E-state index in [0.29, 0.717) is 29.5 Å². The monoisotopic (exact) mass is 378 g/mol. The molecule has 0 bridgehead atoms. The highest BCUT2D eigenvalue weighted by Crippen LogP contribution is 2.39. The van der Waals surface area contributed by atoms with Gasteiger partial charge in [0.25, 0.3) is 0 Å². The summed E-state index contributed by atoms with van der Waals surface area (Å²) in [5.41, 5.74) is 1.33. The van der Waals surface area contributed by atoms with Gasteiger partial charge >= 0.3 is 0 Å². The predicted octanol–water partition coefficient (Wildman–Crippen LogP) is 3.41. The molecule has 1 aromatic rings. The lowest BCUT2D eigenvalue weighted by atomic mass is 9.73. The summed E-state index contributed by atoms with van der Waals surface area (Å²) < 4.78 is 11.1. The molecule has 0 aromatic heterocycles. The first-order valence-electron chi connectivity index (χ1n) is 9.14. The molecular formula is C20H27ClN2O3. The Morgan fingerprint density at radius 1 is 1.31 bits per heavy atom. The van der Waals surface area contributed by atoms with E-state index in [1.54, 1.807) is 13.2 Å². The molecule has 26 heavy (non-hydrogen) atoms. The average molecular weight is 379 g/mol. The largest absolute Gasteiger partial charge is 0.493 e. The van der Waals surface area contributed by atoms with Crippen molar-refractivity contribution < 1.29 is 14.3 Å². The molecule has 2 saturated heterocycles. The predicted molar refractivity (Wildman–Crippen MR) is 103 cm³/mol. The number of likely N-dealkylation sites (tertiary alicyclic amines) is 1. The molecule has 0 unspecified atom stereocenters. The van der Waals surface area contributed by atoms with Crippen molar-refractivity contribution in [2.75, 3.05) is 33.4 Å². The van der Waals surface area contributed by atoms with E-state index in [0.717, 1.165) is 51.0 Å². The van der Waals surface area contributed by atoms with E-state index in [1.807, 2.05) is 12.1 Å². The van der Waals surface area contributed by atoms with Crippen LogP contribution in [0, 0.1) is 5.41 Å². The van der Waals surface area contributed by atoms with Crippen LogP contribution in [0.15, 0.2) is 24.8 Å². The zero-order chi connectivity index (χ0) is 18.6. The van der Waals surface area contributed by atoms with E-state index in [1.165, 1.54) is 0 Å². The lowest BCUT2D eigenvalue weighted by Crippen LogP contribution is -2.49. The van der Waals surface area contributed by atoms with E-state index in [2.05, 4.69) is 16.8 Å². The number of carbonyl (C=O) groups is 1. The quantitative estimate of drug-likeness (QED) is 0.771. The van der Waals surface area contributed by atoms with Gasteiger partial charge in [0, 0.05) is 30.6 Å². The van der Waals surface area contributed by atoms with Gasteiger partial charge in [-0.2, -0.15) is 0 Å². The zero-order valence-corrected chi connectivity index (χ0v) is 16.1. The number of amides is 1. The smallest absolute Gasteiger partial charge is 0.220 e. The van der Waals surface area contributed by atoms with Crippen molar-refractivity contribution in [1.29, 1.82) is 0 Å². The summed E-state index contributed by atoms with van der Waals surface area (Å²) in [6.07, 6.45) is 5.59. The maximum atomic E-state index is 11.4. The molecule has 1 spiro atoms. The number of carbonyl (C=O) groups excluding carboxylic acids is 1. The van der Waals surface area contributed by atoms with Gasteiger partial charge in [-0.3, -0.25) is 9.69 Å². The summed E-state index contributed by atoms with van der Waals surface area (Å²) in [7, 11) is 1.63. The third-order valence-corrected chi connectivity index (χ3v) is 5.89. The lowest BCUT2D eigenvalue weighted by molar-refractivity contribution is -0.125. The maximum Gasteiger partial charge on any atom is 0.220 e. The van der Waals surface area contributed by atoms with E-state index >= 15 is 0 Å². The van der Waals surface area contributed by atoms with Gasteiger partial charge in [-0.05, 0) is 49.4 Å². The van der Waals surface area contributed by atoms with Crippen LogP contribution in [0.5, 0.6) is 11.5 Å². The summed E-state index contributed by atoms with van der Waals surface area (Å²) in [6.45, 7) is 7.72. The Kier molecular flexibility index (Phi) is 6.09. The van der Waals surface area contributed by atoms with Crippen molar-refractivity contribution in [2.24, 2.45) is 5.41 Å². The minimum atomic E-state index is 0.190. The second-order valence-corrected chi connectivity index (χ2v) is 7.65. The van der Waals surface area contributed by atoms with Crippen molar-refractivity contribution in [3.8, 4) is 11.5 Å². The molecule has 0 radical (unpaired) electrons.